The van der Waals surface area contributed by atoms with Crippen LogP contribution in [0.4, 0.5) is 0 Å². The van der Waals surface area contributed by atoms with E-state index in [1.54, 1.807) is 6.20 Å². The Kier molecular flexibility index (Phi) is 6.88. The van der Waals surface area contributed by atoms with Crippen LogP contribution in [0.5, 0.6) is 0 Å². The molecule has 1 aliphatic heterocycles. The summed E-state index contributed by atoms with van der Waals surface area (Å²) in [6, 6.07) is -2.49. The van der Waals surface area contributed by atoms with Crippen molar-refractivity contribution < 1.29 is 24.3 Å². The highest BCUT2D eigenvalue weighted by molar-refractivity contribution is 5.94. The number of aliphatic carboxylic acids is 1. The van der Waals surface area contributed by atoms with E-state index in [-0.39, 0.29) is 6.42 Å². The lowest BCUT2D eigenvalue weighted by atomic mass is 10.1. The first kappa shape index (κ1) is 20.4. The van der Waals surface area contributed by atoms with Crippen LogP contribution in [0.15, 0.2) is 12.5 Å². The summed E-state index contributed by atoms with van der Waals surface area (Å²) in [7, 11) is 0. The third-order valence-electron chi connectivity index (χ3n) is 4.26. The number of carboxylic acids is 1. The Morgan fingerprint density at radius 2 is 2.19 bits per heavy atom. The van der Waals surface area contributed by atoms with E-state index in [0.717, 1.165) is 0 Å². The number of hydrogen-bond acceptors (Lipinski definition) is 6. The van der Waals surface area contributed by atoms with Gasteiger partial charge in [0.15, 0.2) is 0 Å². The Balaban J connectivity index is 2.12. The minimum Gasteiger partial charge on any atom is -0.480 e. The largest absolute Gasteiger partial charge is 0.480 e. The highest BCUT2D eigenvalue weighted by Crippen LogP contribution is 2.19. The van der Waals surface area contributed by atoms with Crippen molar-refractivity contribution in [1.82, 2.24) is 25.5 Å². The van der Waals surface area contributed by atoms with Crippen molar-refractivity contribution in [2.75, 3.05) is 13.1 Å². The Bertz CT molecular complexity index is 689. The fraction of sp³-hybridized carbons (Fsp3) is 0.562. The second kappa shape index (κ2) is 9.12. The number of H-pyrrole nitrogens is 1. The van der Waals surface area contributed by atoms with E-state index in [4.69, 9.17) is 10.8 Å². The van der Waals surface area contributed by atoms with Crippen molar-refractivity contribution >= 4 is 23.7 Å². The molecule has 6 N–H and O–H groups in total. The maximum Gasteiger partial charge on any atom is 0.322 e. The van der Waals surface area contributed by atoms with Gasteiger partial charge in [-0.25, -0.2) is 4.98 Å². The lowest BCUT2D eigenvalue weighted by molar-refractivity contribution is -0.142. The first-order valence-corrected chi connectivity index (χ1v) is 8.62. The molecule has 1 aliphatic rings. The minimum atomic E-state index is -1.17. The molecule has 0 aromatic carbocycles. The zero-order valence-corrected chi connectivity index (χ0v) is 15.0. The predicted octanol–water partition coefficient (Wildman–Crippen LogP) is -2.02. The highest BCUT2D eigenvalue weighted by Gasteiger charge is 2.38. The highest BCUT2D eigenvalue weighted by atomic mass is 16.4. The number of nitrogens with one attached hydrogen (secondary N) is 3. The molecule has 1 aromatic heterocycles. The fourth-order valence-electron chi connectivity index (χ4n) is 2.90. The van der Waals surface area contributed by atoms with Crippen LogP contribution in [0, 0.1) is 0 Å². The first-order chi connectivity index (χ1) is 12.8. The van der Waals surface area contributed by atoms with Crippen molar-refractivity contribution in [2.45, 2.75) is 44.3 Å². The lowest BCUT2D eigenvalue weighted by Crippen LogP contribution is -2.56. The average molecular weight is 380 g/mol. The van der Waals surface area contributed by atoms with E-state index in [2.05, 4.69) is 20.6 Å². The monoisotopic (exact) mass is 380 g/mol. The molecule has 3 unspecified atom stereocenters. The van der Waals surface area contributed by atoms with Crippen LogP contribution >= 0.6 is 0 Å². The van der Waals surface area contributed by atoms with Gasteiger partial charge in [-0.2, -0.15) is 0 Å². The number of nitrogens with two attached hydrogens (primary N) is 1. The number of carbonyl (C=O) groups is 4. The number of aromatic nitrogens is 2. The number of likely N-dealkylation sites (tertiary alicyclic amines) is 1. The Hall–Kier alpha value is -2.95. The molecule has 0 saturated carbocycles. The molecule has 1 aromatic rings. The molecule has 11 heteroatoms. The fourth-order valence-corrected chi connectivity index (χ4v) is 2.90. The summed E-state index contributed by atoms with van der Waals surface area (Å²) in [5.74, 6) is -2.60. The van der Waals surface area contributed by atoms with Gasteiger partial charge in [-0.3, -0.25) is 19.2 Å². The predicted molar refractivity (Wildman–Crippen MR) is 93.3 cm³/mol. The van der Waals surface area contributed by atoms with Crippen LogP contribution in [0.3, 0.4) is 0 Å². The van der Waals surface area contributed by atoms with E-state index < -0.39 is 48.4 Å². The summed E-state index contributed by atoms with van der Waals surface area (Å²) in [6.45, 7) is 1.33. The van der Waals surface area contributed by atoms with E-state index in [9.17, 15) is 19.2 Å². The third kappa shape index (κ3) is 5.51. The zero-order chi connectivity index (χ0) is 20.0. The average Bonchev–Trinajstić information content (AvgIpc) is 3.29. The Labute approximate surface area is 155 Å². The molecule has 148 valence electrons. The van der Waals surface area contributed by atoms with Gasteiger partial charge >= 0.3 is 5.97 Å². The number of amides is 3. The molecule has 11 nitrogen and oxygen atoms in total. The smallest absolute Gasteiger partial charge is 0.322 e. The van der Waals surface area contributed by atoms with Gasteiger partial charge in [-0.1, -0.05) is 0 Å². The molecule has 3 amide bonds. The Morgan fingerprint density at radius 1 is 1.44 bits per heavy atom. The number of nitrogens with zero attached hydrogens (tertiary/aromatic N) is 2. The van der Waals surface area contributed by atoms with Gasteiger partial charge in [-0.05, 0) is 19.8 Å². The number of carbonyl (C=O) groups excluding carboxylic acids is 3. The molecule has 0 radical (unpaired) electrons. The maximum atomic E-state index is 13.0. The molecule has 0 spiro atoms. The van der Waals surface area contributed by atoms with Crippen molar-refractivity contribution in [3.63, 3.8) is 0 Å². The molecule has 0 bridgehead atoms. The Morgan fingerprint density at radius 3 is 2.78 bits per heavy atom. The minimum absolute atomic E-state index is 0.164. The lowest BCUT2D eigenvalue weighted by Gasteiger charge is -2.28. The van der Waals surface area contributed by atoms with Gasteiger partial charge in [0.25, 0.3) is 0 Å². The zero-order valence-electron chi connectivity index (χ0n) is 15.0. The van der Waals surface area contributed by atoms with Gasteiger partial charge in [0, 0.05) is 24.9 Å². The molecule has 1 fully saturated rings. The molecule has 2 heterocycles. The summed E-state index contributed by atoms with van der Waals surface area (Å²) in [5, 5.41) is 13.6. The second-order valence-electron chi connectivity index (χ2n) is 6.43. The standard InChI is InChI=1S/C16H24N6O5/c1-9(17)14(25)21-11(5-10-6-18-8-20-10)16(27)22-4-2-3-12(22)15(26)19-7-13(23)24/h6,8-9,11-12H,2-5,7,17H2,1H3,(H,18,20)(H,19,26)(H,21,25)(H,23,24). The molecular weight excluding hydrogens is 356 g/mol. The molecule has 27 heavy (non-hydrogen) atoms. The quantitative estimate of drug-likeness (QED) is 0.346. The van der Waals surface area contributed by atoms with Crippen molar-refractivity contribution in [1.29, 1.82) is 0 Å². The van der Waals surface area contributed by atoms with Crippen LogP contribution in [-0.2, 0) is 25.6 Å². The molecule has 1 saturated heterocycles. The van der Waals surface area contributed by atoms with E-state index in [1.165, 1.54) is 18.2 Å². The third-order valence-corrected chi connectivity index (χ3v) is 4.26. The molecule has 2 rings (SSSR count). The summed E-state index contributed by atoms with van der Waals surface area (Å²) < 4.78 is 0. The summed E-state index contributed by atoms with van der Waals surface area (Å²) >= 11 is 0. The van der Waals surface area contributed by atoms with Crippen LogP contribution in [0.25, 0.3) is 0 Å². The van der Waals surface area contributed by atoms with Gasteiger partial charge in [-0.15, -0.1) is 0 Å². The van der Waals surface area contributed by atoms with Crippen LogP contribution in [0.2, 0.25) is 0 Å². The number of rotatable bonds is 8. The van der Waals surface area contributed by atoms with Crippen molar-refractivity contribution in [2.24, 2.45) is 5.73 Å². The SMILES string of the molecule is CC(N)C(=O)NC(Cc1cnc[nH]1)C(=O)N1CCCC1C(=O)NCC(=O)O. The van der Waals surface area contributed by atoms with Crippen molar-refractivity contribution in [3.8, 4) is 0 Å². The molecule has 0 aliphatic carbocycles. The van der Waals surface area contributed by atoms with Gasteiger partial charge in [0.2, 0.25) is 17.7 Å². The summed E-state index contributed by atoms with van der Waals surface area (Å²) in [6.07, 6.45) is 4.20. The van der Waals surface area contributed by atoms with Gasteiger partial charge in [0.05, 0.1) is 12.4 Å². The molecular formula is C16H24N6O5. The van der Waals surface area contributed by atoms with Crippen LogP contribution in [-0.4, -0.2) is 74.9 Å². The first-order valence-electron chi connectivity index (χ1n) is 8.62. The second-order valence-corrected chi connectivity index (χ2v) is 6.43. The summed E-state index contributed by atoms with van der Waals surface area (Å²) in [5.41, 5.74) is 6.22. The maximum absolute atomic E-state index is 13.0. The summed E-state index contributed by atoms with van der Waals surface area (Å²) in [4.78, 5) is 56.1. The molecule has 3 atom stereocenters. The number of imidazole rings is 1. The topological polar surface area (TPSA) is 171 Å². The van der Waals surface area contributed by atoms with Crippen LogP contribution in [0.1, 0.15) is 25.5 Å². The van der Waals surface area contributed by atoms with E-state index in [1.807, 2.05) is 0 Å². The number of aromatic amines is 1. The van der Waals surface area contributed by atoms with Crippen molar-refractivity contribution in [3.05, 3.63) is 18.2 Å². The van der Waals surface area contributed by atoms with Gasteiger partial charge in [0.1, 0.15) is 18.6 Å². The van der Waals surface area contributed by atoms with Crippen LogP contribution < -0.4 is 16.4 Å². The van der Waals surface area contributed by atoms with Gasteiger partial charge < -0.3 is 31.4 Å². The number of carboxylic acid groups (broad SMARTS) is 1. The normalized spacial score (nSPS) is 18.6. The number of hydrogen-bond donors (Lipinski definition) is 5. The van der Waals surface area contributed by atoms with E-state index >= 15 is 0 Å². The van der Waals surface area contributed by atoms with E-state index in [0.29, 0.717) is 25.1 Å².